The van der Waals surface area contributed by atoms with E-state index in [-0.39, 0.29) is 24.3 Å². The molecule has 2 aromatic heterocycles. The molecule has 3 rings (SSSR count). The highest BCUT2D eigenvalue weighted by molar-refractivity contribution is 9.13. The number of likely N-dealkylation sites (tertiary alicyclic amines) is 1. The van der Waals surface area contributed by atoms with Crippen LogP contribution in [0.3, 0.4) is 0 Å². The lowest BCUT2D eigenvalue weighted by atomic mass is 10.0. The minimum atomic E-state index is -0.793. The van der Waals surface area contributed by atoms with Gasteiger partial charge >= 0.3 is 6.09 Å². The summed E-state index contributed by atoms with van der Waals surface area (Å²) in [5.74, 6) is -0.228. The molecule has 9 nitrogen and oxygen atoms in total. The summed E-state index contributed by atoms with van der Waals surface area (Å²) in [6.45, 7) is 9.46. The third-order valence-corrected chi connectivity index (χ3v) is 9.20. The van der Waals surface area contributed by atoms with Crippen molar-refractivity contribution in [1.29, 1.82) is 0 Å². The van der Waals surface area contributed by atoms with Crippen molar-refractivity contribution >= 4 is 66.9 Å². The van der Waals surface area contributed by atoms with Crippen LogP contribution in [0.2, 0.25) is 0 Å². The smallest absolute Gasteiger partial charge is 0.410 e. The number of nitrogen functional groups attached to an aromatic ring is 1. The highest BCUT2D eigenvalue weighted by Gasteiger charge is 2.42. The Kier molecular flexibility index (Phi) is 9.62. The Morgan fingerprint density at radius 3 is 2.59 bits per heavy atom. The van der Waals surface area contributed by atoms with Crippen LogP contribution < -0.4 is 16.4 Å². The van der Waals surface area contributed by atoms with Crippen LogP contribution in [-0.4, -0.2) is 52.0 Å². The van der Waals surface area contributed by atoms with Gasteiger partial charge in [0.1, 0.15) is 23.5 Å². The van der Waals surface area contributed by atoms with E-state index in [4.69, 9.17) is 10.5 Å². The molecule has 1 aliphatic heterocycles. The summed E-state index contributed by atoms with van der Waals surface area (Å²) >= 11 is 8.65. The summed E-state index contributed by atoms with van der Waals surface area (Å²) in [7, 11) is 0. The standard InChI is InChI=1S/C25H33Br2N5O4S/c1-13-16(6-7-20(28)30-13)11-29-22(33)14(2)31-23(34)19-9-15(8-17-10-18(26)21(27)37-17)12-32(19)24(35)36-25(3,4)5/h6-7,10,14-15,19H,8-9,11-12H2,1-5H3,(H2,28,30)(H,29,33)(H,31,34)/t14-,15-,19+/m0/s1. The lowest BCUT2D eigenvalue weighted by Crippen LogP contribution is -2.52. The minimum absolute atomic E-state index is 0.0749. The normalized spacial score (nSPS) is 18.4. The highest BCUT2D eigenvalue weighted by Crippen LogP contribution is 2.36. The molecule has 0 bridgehead atoms. The molecular weight excluding hydrogens is 626 g/mol. The maximum Gasteiger partial charge on any atom is 0.410 e. The van der Waals surface area contributed by atoms with Gasteiger partial charge in [-0.3, -0.25) is 14.5 Å². The van der Waals surface area contributed by atoms with Crippen molar-refractivity contribution in [2.75, 3.05) is 12.3 Å². The SMILES string of the molecule is Cc1nc(N)ccc1CNC(=O)[C@H](C)NC(=O)[C@H]1C[C@H](Cc2cc(Br)c(Br)s2)CN1C(=O)OC(C)(C)C. The average Bonchev–Trinajstić information content (AvgIpc) is 3.34. The van der Waals surface area contributed by atoms with E-state index >= 15 is 0 Å². The van der Waals surface area contributed by atoms with E-state index in [0.29, 0.717) is 18.8 Å². The first-order valence-corrected chi connectivity index (χ1v) is 14.4. The number of aryl methyl sites for hydroxylation is 1. The number of carbonyl (C=O) groups is 3. The van der Waals surface area contributed by atoms with Crippen molar-refractivity contribution in [3.63, 3.8) is 0 Å². The van der Waals surface area contributed by atoms with Gasteiger partial charge in [0.05, 0.1) is 3.79 Å². The van der Waals surface area contributed by atoms with Crippen molar-refractivity contribution in [1.82, 2.24) is 20.5 Å². The largest absolute Gasteiger partial charge is 0.444 e. The fourth-order valence-corrected chi connectivity index (χ4v) is 6.42. The third-order valence-electron chi connectivity index (χ3n) is 5.93. The molecule has 12 heteroatoms. The number of aromatic nitrogens is 1. The zero-order valence-corrected chi connectivity index (χ0v) is 25.5. The fourth-order valence-electron chi connectivity index (χ4n) is 4.12. The number of halogens is 2. The Labute approximate surface area is 238 Å². The van der Waals surface area contributed by atoms with Crippen LogP contribution in [0.5, 0.6) is 0 Å². The first-order valence-electron chi connectivity index (χ1n) is 12.0. The molecule has 0 aromatic carbocycles. The van der Waals surface area contributed by atoms with E-state index in [1.807, 2.05) is 19.1 Å². The Balaban J connectivity index is 1.65. The molecular formula is C25H33Br2N5O4S. The number of thiophene rings is 1. The minimum Gasteiger partial charge on any atom is -0.444 e. The molecule has 1 fully saturated rings. The van der Waals surface area contributed by atoms with Crippen molar-refractivity contribution in [2.24, 2.45) is 5.92 Å². The number of nitrogens with two attached hydrogens (primary N) is 1. The topological polar surface area (TPSA) is 127 Å². The van der Waals surface area contributed by atoms with Gasteiger partial charge in [0.15, 0.2) is 0 Å². The third kappa shape index (κ3) is 8.15. The second kappa shape index (κ2) is 12.1. The Morgan fingerprint density at radius 1 is 1.30 bits per heavy atom. The molecule has 3 amide bonds. The zero-order valence-electron chi connectivity index (χ0n) is 21.6. The molecule has 1 aliphatic rings. The van der Waals surface area contributed by atoms with Gasteiger partial charge in [-0.2, -0.15) is 0 Å². The number of nitrogens with zero attached hydrogens (tertiary/aromatic N) is 2. The number of hydrogen-bond acceptors (Lipinski definition) is 7. The molecule has 0 aliphatic carbocycles. The first kappa shape index (κ1) is 29.4. The molecule has 0 radical (unpaired) electrons. The van der Waals surface area contributed by atoms with Gasteiger partial charge in [-0.1, -0.05) is 6.07 Å². The van der Waals surface area contributed by atoms with Gasteiger partial charge in [0.2, 0.25) is 11.8 Å². The second-order valence-corrected chi connectivity index (χ2v) is 13.5. The van der Waals surface area contributed by atoms with Gasteiger partial charge in [-0.15, -0.1) is 11.3 Å². The monoisotopic (exact) mass is 657 g/mol. The number of hydrogen-bond donors (Lipinski definition) is 3. The van der Waals surface area contributed by atoms with Crippen LogP contribution in [0.1, 0.15) is 50.3 Å². The van der Waals surface area contributed by atoms with Gasteiger partial charge in [-0.25, -0.2) is 9.78 Å². The Hall–Kier alpha value is -2.18. The first-order chi connectivity index (χ1) is 17.2. The number of anilines is 1. The molecule has 37 heavy (non-hydrogen) atoms. The van der Waals surface area contributed by atoms with Gasteiger partial charge < -0.3 is 21.1 Å². The van der Waals surface area contributed by atoms with E-state index in [1.165, 1.54) is 4.90 Å². The summed E-state index contributed by atoms with van der Waals surface area (Å²) in [4.78, 5) is 45.8. The van der Waals surface area contributed by atoms with Crippen molar-refractivity contribution in [2.45, 2.75) is 71.7 Å². The predicted octanol–water partition coefficient (Wildman–Crippen LogP) is 4.55. The molecule has 202 valence electrons. The molecule has 0 unspecified atom stereocenters. The fraction of sp³-hybridized carbons (Fsp3) is 0.520. The number of rotatable bonds is 7. The maximum absolute atomic E-state index is 13.3. The number of carbonyl (C=O) groups excluding carboxylic acids is 3. The van der Waals surface area contributed by atoms with Gasteiger partial charge in [0.25, 0.3) is 0 Å². The number of amides is 3. The Morgan fingerprint density at radius 2 is 2.00 bits per heavy atom. The van der Waals surface area contributed by atoms with Crippen LogP contribution in [0.4, 0.5) is 10.6 Å². The Bertz CT molecular complexity index is 1150. The van der Waals surface area contributed by atoms with E-state index in [2.05, 4.69) is 47.5 Å². The molecule has 0 spiro atoms. The summed E-state index contributed by atoms with van der Waals surface area (Å²) in [5, 5.41) is 5.60. The van der Waals surface area contributed by atoms with Crippen molar-refractivity contribution in [3.8, 4) is 0 Å². The van der Waals surface area contributed by atoms with Crippen LogP contribution in [0.25, 0.3) is 0 Å². The molecule has 0 saturated carbocycles. The molecule has 2 aromatic rings. The number of ether oxygens (including phenoxy) is 1. The summed E-state index contributed by atoms with van der Waals surface area (Å²) in [6, 6.07) is 4.01. The molecule has 3 atom stereocenters. The van der Waals surface area contributed by atoms with Gasteiger partial charge in [-0.05, 0) is 103 Å². The molecule has 4 N–H and O–H groups in total. The van der Waals surface area contributed by atoms with E-state index in [9.17, 15) is 14.4 Å². The number of nitrogens with one attached hydrogen (secondary N) is 2. The predicted molar refractivity (Wildman–Crippen MR) is 151 cm³/mol. The summed E-state index contributed by atoms with van der Waals surface area (Å²) in [6.07, 6.45) is 0.665. The van der Waals surface area contributed by atoms with Crippen LogP contribution in [-0.2, 0) is 27.3 Å². The highest BCUT2D eigenvalue weighted by atomic mass is 79.9. The lowest BCUT2D eigenvalue weighted by molar-refractivity contribution is -0.131. The maximum atomic E-state index is 13.3. The lowest BCUT2D eigenvalue weighted by Gasteiger charge is -2.28. The van der Waals surface area contributed by atoms with Crippen LogP contribution in [0, 0.1) is 12.8 Å². The molecule has 3 heterocycles. The summed E-state index contributed by atoms with van der Waals surface area (Å²) in [5.41, 5.74) is 6.56. The summed E-state index contributed by atoms with van der Waals surface area (Å²) < 4.78 is 7.57. The number of pyridine rings is 1. The van der Waals surface area contributed by atoms with Crippen molar-refractivity contribution < 1.29 is 19.1 Å². The zero-order chi connectivity index (χ0) is 27.5. The van der Waals surface area contributed by atoms with Crippen LogP contribution in [0.15, 0.2) is 26.5 Å². The second-order valence-electron chi connectivity index (χ2n) is 10.2. The van der Waals surface area contributed by atoms with E-state index in [1.54, 1.807) is 45.1 Å². The quantitative estimate of drug-likeness (QED) is 0.401. The van der Waals surface area contributed by atoms with Crippen LogP contribution >= 0.6 is 43.2 Å². The average molecular weight is 659 g/mol. The van der Waals surface area contributed by atoms with Gasteiger partial charge in [0, 0.05) is 28.1 Å². The molecule has 1 saturated heterocycles. The van der Waals surface area contributed by atoms with Crippen molar-refractivity contribution in [3.05, 3.63) is 42.6 Å². The van der Waals surface area contributed by atoms with E-state index in [0.717, 1.165) is 30.8 Å². The van der Waals surface area contributed by atoms with E-state index < -0.39 is 23.8 Å².